The number of rotatable bonds is 6. The highest BCUT2D eigenvalue weighted by Crippen LogP contribution is 2.23. The molecule has 0 aliphatic carbocycles. The molecular weight excluding hydrogens is 337 g/mol. The summed E-state index contributed by atoms with van der Waals surface area (Å²) in [4.78, 5) is 0. The molecule has 1 aromatic heterocycles. The Labute approximate surface area is 132 Å². The topological polar surface area (TPSA) is 34.4 Å². The van der Waals surface area contributed by atoms with Gasteiger partial charge in [0.2, 0.25) is 0 Å². The molecule has 0 unspecified atom stereocenters. The molecular formula is C16H19BrFNO2. The second kappa shape index (κ2) is 7.09. The third kappa shape index (κ3) is 4.58. The van der Waals surface area contributed by atoms with Gasteiger partial charge in [0.15, 0.2) is 11.6 Å². The summed E-state index contributed by atoms with van der Waals surface area (Å²) in [6, 6.07) is 7.03. The number of ether oxygens (including phenoxy) is 1. The van der Waals surface area contributed by atoms with Crippen LogP contribution in [0, 0.1) is 12.7 Å². The zero-order chi connectivity index (χ0) is 15.4. The first-order chi connectivity index (χ1) is 9.95. The highest BCUT2D eigenvalue weighted by molar-refractivity contribution is 9.10. The van der Waals surface area contributed by atoms with Crippen molar-refractivity contribution in [2.24, 2.45) is 0 Å². The molecule has 21 heavy (non-hydrogen) atoms. The van der Waals surface area contributed by atoms with Crippen LogP contribution in [0.1, 0.15) is 30.9 Å². The molecule has 2 aromatic rings. The lowest BCUT2D eigenvalue weighted by atomic mass is 10.2. The average Bonchev–Trinajstić information content (AvgIpc) is 2.76. The average molecular weight is 356 g/mol. The van der Waals surface area contributed by atoms with Crippen molar-refractivity contribution in [2.75, 3.05) is 0 Å². The first-order valence-electron chi connectivity index (χ1n) is 6.85. The predicted octanol–water partition coefficient (Wildman–Crippen LogP) is 4.57. The van der Waals surface area contributed by atoms with E-state index in [1.807, 2.05) is 13.0 Å². The molecule has 0 spiro atoms. The van der Waals surface area contributed by atoms with Gasteiger partial charge >= 0.3 is 0 Å². The Hall–Kier alpha value is -1.33. The minimum absolute atomic E-state index is 0.209. The lowest BCUT2D eigenvalue weighted by Gasteiger charge is -2.07. The highest BCUT2D eigenvalue weighted by atomic mass is 79.9. The zero-order valence-corrected chi connectivity index (χ0v) is 14.0. The lowest BCUT2D eigenvalue weighted by Crippen LogP contribution is -2.21. The van der Waals surface area contributed by atoms with E-state index in [0.29, 0.717) is 22.8 Å². The van der Waals surface area contributed by atoms with Crippen molar-refractivity contribution in [1.29, 1.82) is 0 Å². The molecule has 1 N–H and O–H groups in total. The molecule has 1 heterocycles. The second-order valence-corrected chi connectivity index (χ2v) is 6.13. The van der Waals surface area contributed by atoms with Crippen LogP contribution in [0.25, 0.3) is 0 Å². The zero-order valence-electron chi connectivity index (χ0n) is 12.4. The van der Waals surface area contributed by atoms with E-state index in [2.05, 4.69) is 35.1 Å². The molecule has 114 valence electrons. The number of hydrogen-bond donors (Lipinski definition) is 1. The molecule has 0 saturated heterocycles. The van der Waals surface area contributed by atoms with Gasteiger partial charge in [0.25, 0.3) is 0 Å². The summed E-state index contributed by atoms with van der Waals surface area (Å²) in [7, 11) is 0. The summed E-state index contributed by atoms with van der Waals surface area (Å²) in [6.45, 7) is 7.04. The first-order valence-corrected chi connectivity index (χ1v) is 7.64. The van der Waals surface area contributed by atoms with E-state index < -0.39 is 5.82 Å². The van der Waals surface area contributed by atoms with Crippen LogP contribution in [-0.2, 0) is 13.2 Å². The molecule has 0 aliphatic heterocycles. The van der Waals surface area contributed by atoms with E-state index in [4.69, 9.17) is 9.15 Å². The van der Waals surface area contributed by atoms with Gasteiger partial charge in [-0.05, 0) is 36.8 Å². The molecule has 0 saturated carbocycles. The Balaban J connectivity index is 1.98. The Morgan fingerprint density at radius 1 is 1.33 bits per heavy atom. The van der Waals surface area contributed by atoms with Gasteiger partial charge in [-0.3, -0.25) is 0 Å². The fraction of sp³-hybridized carbons (Fsp3) is 0.375. The van der Waals surface area contributed by atoms with Crippen molar-refractivity contribution in [1.82, 2.24) is 5.32 Å². The molecule has 0 radical (unpaired) electrons. The van der Waals surface area contributed by atoms with Crippen molar-refractivity contribution in [3.05, 3.63) is 51.6 Å². The smallest absolute Gasteiger partial charge is 0.166 e. The Morgan fingerprint density at radius 3 is 2.76 bits per heavy atom. The number of benzene rings is 1. The predicted molar refractivity (Wildman–Crippen MR) is 83.9 cm³/mol. The van der Waals surface area contributed by atoms with Crippen LogP contribution in [0.2, 0.25) is 0 Å². The molecule has 0 fully saturated rings. The minimum Gasteiger partial charge on any atom is -0.483 e. The Bertz CT molecular complexity index is 610. The van der Waals surface area contributed by atoms with Crippen LogP contribution in [0.3, 0.4) is 0 Å². The van der Waals surface area contributed by atoms with Crippen LogP contribution >= 0.6 is 15.9 Å². The van der Waals surface area contributed by atoms with Gasteiger partial charge in [-0.25, -0.2) is 4.39 Å². The van der Waals surface area contributed by atoms with Gasteiger partial charge < -0.3 is 14.5 Å². The third-order valence-corrected chi connectivity index (χ3v) is 3.50. The van der Waals surface area contributed by atoms with Gasteiger partial charge in [0, 0.05) is 10.5 Å². The van der Waals surface area contributed by atoms with E-state index >= 15 is 0 Å². The minimum atomic E-state index is -0.394. The summed E-state index contributed by atoms with van der Waals surface area (Å²) >= 11 is 3.21. The number of nitrogens with one attached hydrogen (secondary N) is 1. The van der Waals surface area contributed by atoms with Crippen LogP contribution in [-0.4, -0.2) is 6.04 Å². The van der Waals surface area contributed by atoms with Crippen molar-refractivity contribution >= 4 is 15.9 Å². The first kappa shape index (κ1) is 16.0. The monoisotopic (exact) mass is 355 g/mol. The number of aryl methyl sites for hydroxylation is 1. The maximum Gasteiger partial charge on any atom is 0.166 e. The van der Waals surface area contributed by atoms with Crippen molar-refractivity contribution in [3.8, 4) is 5.75 Å². The van der Waals surface area contributed by atoms with Crippen LogP contribution in [0.4, 0.5) is 4.39 Å². The molecule has 0 amide bonds. The quantitative estimate of drug-likeness (QED) is 0.824. The summed E-state index contributed by atoms with van der Waals surface area (Å²) in [5.41, 5.74) is 1.07. The van der Waals surface area contributed by atoms with E-state index in [1.54, 1.807) is 12.1 Å². The fourth-order valence-electron chi connectivity index (χ4n) is 1.87. The highest BCUT2D eigenvalue weighted by Gasteiger charge is 2.10. The van der Waals surface area contributed by atoms with E-state index in [1.165, 1.54) is 6.07 Å². The van der Waals surface area contributed by atoms with Gasteiger partial charge in [0.05, 0.1) is 6.54 Å². The number of hydrogen-bond acceptors (Lipinski definition) is 3. The van der Waals surface area contributed by atoms with E-state index in [0.717, 1.165) is 11.3 Å². The number of furan rings is 1. The number of halogens is 2. The molecule has 2 rings (SSSR count). The largest absolute Gasteiger partial charge is 0.483 e. The summed E-state index contributed by atoms with van der Waals surface area (Å²) in [5.74, 6) is 1.40. The maximum atomic E-state index is 13.7. The molecule has 5 heteroatoms. The molecule has 3 nitrogen and oxygen atoms in total. The molecule has 0 aliphatic rings. The van der Waals surface area contributed by atoms with Gasteiger partial charge in [0.1, 0.15) is 18.1 Å². The van der Waals surface area contributed by atoms with E-state index in [-0.39, 0.29) is 12.4 Å². The molecule has 0 bridgehead atoms. The van der Waals surface area contributed by atoms with Gasteiger partial charge in [-0.15, -0.1) is 0 Å². The van der Waals surface area contributed by atoms with Crippen molar-refractivity contribution in [3.63, 3.8) is 0 Å². The Morgan fingerprint density at radius 2 is 2.10 bits per heavy atom. The van der Waals surface area contributed by atoms with Gasteiger partial charge in [-0.2, -0.15) is 0 Å². The normalized spacial score (nSPS) is 11.1. The third-order valence-electron chi connectivity index (χ3n) is 3.01. The Kier molecular flexibility index (Phi) is 5.42. The van der Waals surface area contributed by atoms with Crippen LogP contribution in [0.5, 0.6) is 5.75 Å². The van der Waals surface area contributed by atoms with E-state index in [9.17, 15) is 4.39 Å². The van der Waals surface area contributed by atoms with Crippen LogP contribution < -0.4 is 10.1 Å². The SMILES string of the molecule is Cc1cc(COc2ccc(Br)cc2F)oc1CNC(C)C. The molecule has 0 atom stereocenters. The summed E-state index contributed by atoms with van der Waals surface area (Å²) in [5, 5.41) is 3.31. The summed E-state index contributed by atoms with van der Waals surface area (Å²) < 4.78 is 25.5. The van der Waals surface area contributed by atoms with Gasteiger partial charge in [-0.1, -0.05) is 29.8 Å². The second-order valence-electron chi connectivity index (χ2n) is 5.22. The fourth-order valence-corrected chi connectivity index (χ4v) is 2.21. The maximum absolute atomic E-state index is 13.7. The summed E-state index contributed by atoms with van der Waals surface area (Å²) in [6.07, 6.45) is 0. The van der Waals surface area contributed by atoms with Crippen molar-refractivity contribution in [2.45, 2.75) is 40.0 Å². The lowest BCUT2D eigenvalue weighted by molar-refractivity contribution is 0.253. The van der Waals surface area contributed by atoms with Crippen LogP contribution in [0.15, 0.2) is 33.2 Å². The molecule has 1 aromatic carbocycles. The van der Waals surface area contributed by atoms with Crippen molar-refractivity contribution < 1.29 is 13.5 Å². The standard InChI is InChI=1S/C16H19BrFNO2/c1-10(2)19-8-16-11(3)6-13(21-16)9-20-15-5-4-12(17)7-14(15)18/h4-7,10,19H,8-9H2,1-3H3.